The molecule has 12 atom stereocenters. The highest BCUT2D eigenvalue weighted by Gasteiger charge is 2.49. The lowest BCUT2D eigenvalue weighted by Crippen LogP contribution is -2.46. The molecule has 6 aliphatic carbocycles. The van der Waals surface area contributed by atoms with Crippen molar-refractivity contribution in [3.63, 3.8) is 0 Å². The van der Waals surface area contributed by atoms with Crippen molar-refractivity contribution >= 4 is 34.9 Å². The highest BCUT2D eigenvalue weighted by atomic mass is 32.1. The van der Waals surface area contributed by atoms with E-state index in [2.05, 4.69) is 175 Å². The van der Waals surface area contributed by atoms with Crippen LogP contribution in [0.1, 0.15) is 199 Å². The second-order valence-corrected chi connectivity index (χ2v) is 39.0. The van der Waals surface area contributed by atoms with E-state index in [1.807, 2.05) is 146 Å². The fraction of sp³-hybridized carbons (Fsp3) is 0.545. The van der Waals surface area contributed by atoms with E-state index in [1.165, 1.54) is 101 Å². The first-order chi connectivity index (χ1) is 62.6. The number of ether oxygens (including phenoxy) is 10. The topological polar surface area (TPSA) is 152 Å². The van der Waals surface area contributed by atoms with Crippen molar-refractivity contribution in [2.24, 2.45) is 35.5 Å². The fourth-order valence-corrected chi connectivity index (χ4v) is 21.5. The molecule has 0 aliphatic heterocycles. The van der Waals surface area contributed by atoms with Crippen LogP contribution in [0.25, 0.3) is 0 Å². The fourth-order valence-electron chi connectivity index (χ4n) is 21.0. The number of hydrogen-bond donors (Lipinski definition) is 2. The lowest BCUT2D eigenvalue weighted by atomic mass is 9.71. The van der Waals surface area contributed by atoms with Gasteiger partial charge in [0.1, 0.15) is 57.2 Å². The third-order valence-electron chi connectivity index (χ3n) is 27.2. The quantitative estimate of drug-likeness (QED) is 0.0447. The summed E-state index contributed by atoms with van der Waals surface area (Å²) in [7, 11) is 35.6. The standard InChI is InChI=1S/2C23H29NO3S.2C16H25NO2.2C16H25NO/c2*1-24(2)17-19-10-7-8-15-23(19,18-11-9-14-21(16-18)25-3)27-22(28)26-20-12-5-4-6-13-20;2*1-17(2)12-14-7-4-5-10-16(14,18)13-8-6-9-15(11-13)19-3;2*1-17(2)12-14-7-4-5-10-16(14)13-8-6-9-15(11-13)18-3/h2*4-6,9,11-14,16,19H,7-8,10,15,17H2,1-3H3;2*6,8-9,11,14,18H,4-5,7,10,12H2,1-3H3;2*6,8-9,11,14,16H,4-5,7,10,12H2,1-3H3/t2*19-,23-;2*14-,16+;14-,16?;14-,16+/m101001/s1. The minimum atomic E-state index is -0.711. The maximum atomic E-state index is 11.2. The number of nitrogens with zero attached hydrogens (tertiary/aromatic N) is 6. The van der Waals surface area contributed by atoms with Gasteiger partial charge in [-0.2, -0.15) is 0 Å². The summed E-state index contributed by atoms with van der Waals surface area (Å²) in [6.45, 7) is 6.08. The summed E-state index contributed by atoms with van der Waals surface area (Å²) in [6, 6.07) is 68.5. The Hall–Kier alpha value is -8.38. The van der Waals surface area contributed by atoms with Gasteiger partial charge in [-0.05, 0) is 329 Å². The molecule has 0 bridgehead atoms. The van der Waals surface area contributed by atoms with E-state index < -0.39 is 22.4 Å². The summed E-state index contributed by atoms with van der Waals surface area (Å²) in [5.74, 6) is 10.8. The molecular formula is C110H158N6O12S2. The Morgan fingerprint density at radius 1 is 0.277 bits per heavy atom. The van der Waals surface area contributed by atoms with Crippen molar-refractivity contribution < 1.29 is 57.6 Å². The Kier molecular flexibility index (Phi) is 43.3. The number of aliphatic hydroxyl groups is 2. The molecule has 20 heteroatoms. The Morgan fingerprint density at radius 2 is 0.531 bits per heavy atom. The normalized spacial score (nSPS) is 24.2. The zero-order valence-electron chi connectivity index (χ0n) is 81.9. The van der Waals surface area contributed by atoms with E-state index in [0.717, 1.165) is 172 Å². The van der Waals surface area contributed by atoms with E-state index in [9.17, 15) is 10.2 Å². The molecule has 0 spiro atoms. The second-order valence-electron chi connectivity index (χ2n) is 38.3. The van der Waals surface area contributed by atoms with Crippen LogP contribution in [0.15, 0.2) is 206 Å². The van der Waals surface area contributed by atoms with Crippen LogP contribution in [0.4, 0.5) is 0 Å². The SMILES string of the molecule is COc1cccc(C2CCCC[C@H]2CN(C)C)c1.COc1cccc([C@@H]2CCCC[C@@H]2CN(C)C)c1.COc1cccc([C@@]2(O)CCCC[C@@H]2CN(C)C)c1.COc1cccc([C@@]2(OC(=S)Oc3ccccc3)CCCC[C@H]2CN(C)C)c1.COc1cccc([C@]2(O)CCCC[C@H]2CN(C)C)c1.COc1cccc([C@]2(OC(=S)Oc3ccccc3)CCCC[C@@H]2CN(C)C)c1. The van der Waals surface area contributed by atoms with Crippen LogP contribution in [-0.2, 0) is 31.9 Å². The Labute approximate surface area is 792 Å². The van der Waals surface area contributed by atoms with Crippen LogP contribution in [-0.4, -0.2) is 217 Å². The smallest absolute Gasteiger partial charge is 0.358 e. The molecule has 0 saturated heterocycles. The first-order valence-corrected chi connectivity index (χ1v) is 48.5. The van der Waals surface area contributed by atoms with Gasteiger partial charge in [0.2, 0.25) is 0 Å². The van der Waals surface area contributed by atoms with Gasteiger partial charge in [0.05, 0.1) is 53.9 Å². The zero-order chi connectivity index (χ0) is 93.6. The third-order valence-corrected chi connectivity index (χ3v) is 27.5. The molecule has 6 fully saturated rings. The van der Waals surface area contributed by atoms with Gasteiger partial charge in [-0.1, -0.05) is 173 Å². The number of benzene rings is 8. The molecule has 712 valence electrons. The van der Waals surface area contributed by atoms with Crippen molar-refractivity contribution in [1.29, 1.82) is 0 Å². The minimum Gasteiger partial charge on any atom is -0.497 e. The molecule has 0 aromatic heterocycles. The number of thiocarbonyl (C=S) groups is 2. The summed E-state index contributed by atoms with van der Waals surface area (Å²) in [6.07, 6.45) is 27.9. The molecule has 0 radical (unpaired) electrons. The average molecular weight is 1820 g/mol. The van der Waals surface area contributed by atoms with E-state index in [0.29, 0.717) is 47.0 Å². The van der Waals surface area contributed by atoms with Gasteiger partial charge in [-0.15, -0.1) is 0 Å². The van der Waals surface area contributed by atoms with E-state index in [-0.39, 0.29) is 10.5 Å². The zero-order valence-corrected chi connectivity index (χ0v) is 83.6. The van der Waals surface area contributed by atoms with Crippen molar-refractivity contribution in [2.75, 3.05) is 166 Å². The summed E-state index contributed by atoms with van der Waals surface area (Å²) < 4.78 is 56.9. The Balaban J connectivity index is 0.000000178. The highest BCUT2D eigenvalue weighted by molar-refractivity contribution is 7.80. The van der Waals surface area contributed by atoms with Crippen LogP contribution in [0.5, 0.6) is 46.0 Å². The van der Waals surface area contributed by atoms with Crippen molar-refractivity contribution in [3.05, 3.63) is 240 Å². The average Bonchev–Trinajstić information content (AvgIpc) is 0.709. The van der Waals surface area contributed by atoms with E-state index in [4.69, 9.17) is 71.8 Å². The van der Waals surface area contributed by atoms with Gasteiger partial charge in [-0.3, -0.25) is 0 Å². The van der Waals surface area contributed by atoms with Crippen molar-refractivity contribution in [3.8, 4) is 46.0 Å². The maximum absolute atomic E-state index is 11.2. The van der Waals surface area contributed by atoms with E-state index in [1.54, 1.807) is 42.7 Å². The molecule has 1 unspecified atom stereocenters. The summed E-state index contributed by atoms with van der Waals surface area (Å²) in [4.78, 5) is 13.4. The maximum Gasteiger partial charge on any atom is 0.358 e. The van der Waals surface area contributed by atoms with Crippen LogP contribution in [0.2, 0.25) is 0 Å². The minimum absolute atomic E-state index is 0.166. The van der Waals surface area contributed by atoms with Gasteiger partial charge < -0.3 is 87.0 Å². The van der Waals surface area contributed by atoms with Gasteiger partial charge in [0.15, 0.2) is 0 Å². The lowest BCUT2D eigenvalue weighted by Gasteiger charge is -2.45. The first kappa shape index (κ1) is 105. The van der Waals surface area contributed by atoms with Gasteiger partial charge in [0, 0.05) is 87.4 Å². The number of para-hydroxylation sites is 2. The van der Waals surface area contributed by atoms with Crippen molar-refractivity contribution in [2.45, 2.75) is 188 Å². The van der Waals surface area contributed by atoms with Crippen LogP contribution in [0.3, 0.4) is 0 Å². The van der Waals surface area contributed by atoms with Gasteiger partial charge >= 0.3 is 10.5 Å². The third kappa shape index (κ3) is 31.4. The second kappa shape index (κ2) is 53.5. The highest BCUT2D eigenvalue weighted by Crippen LogP contribution is 2.51. The predicted octanol–water partition coefficient (Wildman–Crippen LogP) is 22.4. The summed E-state index contributed by atoms with van der Waals surface area (Å²) in [5, 5.41) is 22.7. The molecule has 2 N–H and O–H groups in total. The molecular weight excluding hydrogens is 1660 g/mol. The van der Waals surface area contributed by atoms with Gasteiger partial charge in [0.25, 0.3) is 0 Å². The largest absolute Gasteiger partial charge is 0.497 e. The van der Waals surface area contributed by atoms with Crippen LogP contribution in [0, 0.1) is 35.5 Å². The first-order valence-electron chi connectivity index (χ1n) is 47.7. The Morgan fingerprint density at radius 3 is 0.846 bits per heavy atom. The summed E-state index contributed by atoms with van der Waals surface area (Å²) >= 11 is 11.1. The molecule has 14 rings (SSSR count). The van der Waals surface area contributed by atoms with Crippen molar-refractivity contribution in [1.82, 2.24) is 29.4 Å². The number of hydrogen-bond acceptors (Lipinski definition) is 20. The number of rotatable bonds is 28. The molecule has 18 nitrogen and oxygen atoms in total. The van der Waals surface area contributed by atoms with Gasteiger partial charge in [-0.25, -0.2) is 0 Å². The monoisotopic (exact) mass is 1820 g/mol. The van der Waals surface area contributed by atoms with E-state index >= 15 is 0 Å². The molecule has 130 heavy (non-hydrogen) atoms. The summed E-state index contributed by atoms with van der Waals surface area (Å²) in [5.41, 5.74) is 4.63. The molecule has 0 amide bonds. The lowest BCUT2D eigenvalue weighted by molar-refractivity contribution is -0.0621. The van der Waals surface area contributed by atoms with Crippen LogP contribution < -0.4 is 37.9 Å². The molecule has 0 heterocycles. The Bertz CT molecular complexity index is 4310. The molecule has 6 saturated carbocycles. The van der Waals surface area contributed by atoms with Crippen LogP contribution >= 0.6 is 24.4 Å². The molecule has 6 aliphatic rings. The predicted molar refractivity (Wildman–Crippen MR) is 539 cm³/mol. The number of methoxy groups -OCH3 is 6. The molecule has 8 aromatic rings. The molecule has 8 aromatic carbocycles.